The van der Waals surface area contributed by atoms with E-state index < -0.39 is 18.0 Å². The molecule has 1 unspecified atom stereocenters. The van der Waals surface area contributed by atoms with Crippen LogP contribution in [0.25, 0.3) is 0 Å². The van der Waals surface area contributed by atoms with Crippen molar-refractivity contribution in [3.63, 3.8) is 0 Å². The van der Waals surface area contributed by atoms with Gasteiger partial charge in [-0.3, -0.25) is 0 Å². The van der Waals surface area contributed by atoms with Crippen molar-refractivity contribution in [1.29, 1.82) is 0 Å². The topological polar surface area (TPSA) is 60.5 Å². The molecule has 1 N–H and O–H groups in total. The second-order valence-electron chi connectivity index (χ2n) is 5.30. The molecule has 1 aromatic carbocycles. The van der Waals surface area contributed by atoms with Crippen molar-refractivity contribution in [2.24, 2.45) is 0 Å². The van der Waals surface area contributed by atoms with Gasteiger partial charge in [0, 0.05) is 0 Å². The van der Waals surface area contributed by atoms with Crippen LogP contribution in [-0.4, -0.2) is 29.6 Å². The summed E-state index contributed by atoms with van der Waals surface area (Å²) in [5.41, 5.74) is 0.907. The largest absolute Gasteiger partial charge is 0.475 e. The number of hydrogen-bond acceptors (Lipinski definition) is 5. The van der Waals surface area contributed by atoms with Crippen LogP contribution in [0.5, 0.6) is 5.75 Å². The third-order valence-electron chi connectivity index (χ3n) is 3.65. The number of nitrogens with one attached hydrogen (secondary N) is 1. The van der Waals surface area contributed by atoms with Gasteiger partial charge in [0.05, 0.1) is 12.2 Å². The van der Waals surface area contributed by atoms with Crippen molar-refractivity contribution in [3.8, 4) is 5.75 Å². The molecule has 1 fully saturated rings. The predicted molar refractivity (Wildman–Crippen MR) is 81.3 cm³/mol. The molecule has 0 radical (unpaired) electrons. The Balaban J connectivity index is 1.63. The Labute approximate surface area is 133 Å². The molecular weight excluding hydrogens is 299 g/mol. The summed E-state index contributed by atoms with van der Waals surface area (Å²) in [6.45, 7) is 1.02. The van der Waals surface area contributed by atoms with Gasteiger partial charge >= 0.3 is 5.97 Å². The summed E-state index contributed by atoms with van der Waals surface area (Å²) in [5.74, 6) is -0.709. The molecule has 2 heterocycles. The zero-order valence-corrected chi connectivity index (χ0v) is 12.4. The first kappa shape index (κ1) is 15.4. The SMILES string of the molecule is O=C(OCc1ccccc1)C(Oc1ccc(F)nc1)[C@H]1CCN1. The van der Waals surface area contributed by atoms with Crippen LogP contribution in [0.1, 0.15) is 12.0 Å². The molecule has 1 aliphatic rings. The molecule has 0 bridgehead atoms. The Morgan fingerprint density at radius 2 is 2.09 bits per heavy atom. The Morgan fingerprint density at radius 1 is 1.30 bits per heavy atom. The molecule has 0 amide bonds. The number of rotatable bonds is 6. The normalized spacial score (nSPS) is 17.9. The Bertz CT molecular complexity index is 645. The minimum atomic E-state index is -0.778. The molecule has 2 atom stereocenters. The molecule has 0 aliphatic carbocycles. The monoisotopic (exact) mass is 316 g/mol. The first-order valence-corrected chi connectivity index (χ1v) is 7.44. The summed E-state index contributed by atoms with van der Waals surface area (Å²) in [7, 11) is 0. The molecule has 6 heteroatoms. The van der Waals surface area contributed by atoms with E-state index in [1.165, 1.54) is 18.3 Å². The zero-order valence-electron chi connectivity index (χ0n) is 12.4. The maximum absolute atomic E-state index is 12.9. The van der Waals surface area contributed by atoms with Crippen LogP contribution in [0.3, 0.4) is 0 Å². The van der Waals surface area contributed by atoms with Gasteiger partial charge in [-0.05, 0) is 30.7 Å². The second-order valence-corrected chi connectivity index (χ2v) is 5.30. The molecule has 120 valence electrons. The lowest BCUT2D eigenvalue weighted by Crippen LogP contribution is -2.56. The van der Waals surface area contributed by atoms with Crippen LogP contribution in [0, 0.1) is 5.95 Å². The molecule has 5 nitrogen and oxygen atoms in total. The standard InChI is InChI=1S/C17H17FN2O3/c18-15-7-6-13(10-20-15)23-16(14-8-9-19-14)17(21)22-11-12-4-2-1-3-5-12/h1-7,10,14,16,19H,8-9,11H2/t14-,16?/m1/s1. The number of hydrogen-bond donors (Lipinski definition) is 1. The second kappa shape index (κ2) is 7.19. The minimum absolute atomic E-state index is 0.108. The van der Waals surface area contributed by atoms with Crippen LogP contribution in [-0.2, 0) is 16.1 Å². The highest BCUT2D eigenvalue weighted by molar-refractivity contribution is 5.76. The lowest BCUT2D eigenvalue weighted by molar-refractivity contribution is -0.155. The Hall–Kier alpha value is -2.47. The number of esters is 1. The minimum Gasteiger partial charge on any atom is -0.475 e. The summed E-state index contributed by atoms with van der Waals surface area (Å²) in [6, 6.07) is 12.0. The smallest absolute Gasteiger partial charge is 0.349 e. The van der Waals surface area contributed by atoms with E-state index in [4.69, 9.17) is 9.47 Å². The Morgan fingerprint density at radius 3 is 2.70 bits per heavy atom. The highest BCUT2D eigenvalue weighted by Crippen LogP contribution is 2.18. The molecule has 3 rings (SSSR count). The van der Waals surface area contributed by atoms with Gasteiger partial charge in [0.2, 0.25) is 12.1 Å². The van der Waals surface area contributed by atoms with Crippen LogP contribution < -0.4 is 10.1 Å². The van der Waals surface area contributed by atoms with Crippen molar-refractivity contribution in [2.75, 3.05) is 6.54 Å². The fourth-order valence-corrected chi connectivity index (χ4v) is 2.25. The maximum Gasteiger partial charge on any atom is 0.349 e. The highest BCUT2D eigenvalue weighted by atomic mass is 19.1. The van der Waals surface area contributed by atoms with Crippen LogP contribution in [0.15, 0.2) is 48.7 Å². The molecule has 1 aromatic heterocycles. The van der Waals surface area contributed by atoms with Gasteiger partial charge in [-0.25, -0.2) is 9.78 Å². The van der Waals surface area contributed by atoms with Gasteiger partial charge < -0.3 is 14.8 Å². The average molecular weight is 316 g/mol. The van der Waals surface area contributed by atoms with E-state index in [1.807, 2.05) is 30.3 Å². The maximum atomic E-state index is 12.9. The van der Waals surface area contributed by atoms with Gasteiger partial charge in [0.25, 0.3) is 0 Å². The number of ether oxygens (including phenoxy) is 2. The molecule has 1 aliphatic heterocycles. The van der Waals surface area contributed by atoms with Crippen molar-refractivity contribution in [2.45, 2.75) is 25.2 Å². The summed E-state index contributed by atoms with van der Waals surface area (Å²) < 4.78 is 23.9. The number of carbonyl (C=O) groups is 1. The van der Waals surface area contributed by atoms with E-state index in [9.17, 15) is 9.18 Å². The molecular formula is C17H17FN2O3. The number of benzene rings is 1. The van der Waals surface area contributed by atoms with Gasteiger partial charge in [0.1, 0.15) is 12.4 Å². The van der Waals surface area contributed by atoms with E-state index >= 15 is 0 Å². The fraction of sp³-hybridized carbons (Fsp3) is 0.294. The third kappa shape index (κ3) is 4.04. The van der Waals surface area contributed by atoms with E-state index in [1.54, 1.807) is 0 Å². The molecule has 0 saturated carbocycles. The quantitative estimate of drug-likeness (QED) is 0.653. The fourth-order valence-electron chi connectivity index (χ4n) is 2.25. The number of pyridine rings is 1. The van der Waals surface area contributed by atoms with Gasteiger partial charge in [-0.15, -0.1) is 0 Å². The average Bonchev–Trinajstić information content (AvgIpc) is 2.53. The highest BCUT2D eigenvalue weighted by Gasteiger charge is 2.35. The van der Waals surface area contributed by atoms with Gasteiger partial charge in [-0.1, -0.05) is 30.3 Å². The summed E-state index contributed by atoms with van der Waals surface area (Å²) in [6.07, 6.45) is 1.30. The van der Waals surface area contributed by atoms with Crippen LogP contribution >= 0.6 is 0 Å². The van der Waals surface area contributed by atoms with E-state index in [0.29, 0.717) is 5.75 Å². The molecule has 2 aromatic rings. The van der Waals surface area contributed by atoms with Crippen molar-refractivity contribution >= 4 is 5.97 Å². The van der Waals surface area contributed by atoms with Gasteiger partial charge in [0.15, 0.2) is 0 Å². The number of aromatic nitrogens is 1. The van der Waals surface area contributed by atoms with Crippen molar-refractivity contribution in [1.82, 2.24) is 10.3 Å². The summed E-state index contributed by atoms with van der Waals surface area (Å²) in [4.78, 5) is 15.9. The lowest BCUT2D eigenvalue weighted by Gasteiger charge is -2.33. The predicted octanol–water partition coefficient (Wildman–Crippen LogP) is 2.07. The van der Waals surface area contributed by atoms with E-state index in [-0.39, 0.29) is 12.6 Å². The Kier molecular flexibility index (Phi) is 4.83. The zero-order chi connectivity index (χ0) is 16.1. The van der Waals surface area contributed by atoms with Crippen LogP contribution in [0.4, 0.5) is 4.39 Å². The molecule has 0 spiro atoms. The van der Waals surface area contributed by atoms with E-state index in [0.717, 1.165) is 18.5 Å². The third-order valence-corrected chi connectivity index (χ3v) is 3.65. The van der Waals surface area contributed by atoms with Crippen LogP contribution in [0.2, 0.25) is 0 Å². The van der Waals surface area contributed by atoms with Crippen molar-refractivity contribution in [3.05, 3.63) is 60.2 Å². The first-order valence-electron chi connectivity index (χ1n) is 7.44. The first-order chi connectivity index (χ1) is 11.2. The van der Waals surface area contributed by atoms with E-state index in [2.05, 4.69) is 10.3 Å². The van der Waals surface area contributed by atoms with Gasteiger partial charge in [-0.2, -0.15) is 4.39 Å². The summed E-state index contributed by atoms with van der Waals surface area (Å²) >= 11 is 0. The molecule has 23 heavy (non-hydrogen) atoms. The number of nitrogens with zero attached hydrogens (tertiary/aromatic N) is 1. The number of carbonyl (C=O) groups excluding carboxylic acids is 1. The lowest BCUT2D eigenvalue weighted by atomic mass is 10.0. The van der Waals surface area contributed by atoms with Crippen molar-refractivity contribution < 1.29 is 18.7 Å². The number of halogens is 1. The molecule has 1 saturated heterocycles. The summed E-state index contributed by atoms with van der Waals surface area (Å²) in [5, 5.41) is 3.14.